The quantitative estimate of drug-likeness (QED) is 0.468. The molecule has 0 saturated heterocycles. The summed E-state index contributed by atoms with van der Waals surface area (Å²) in [6.07, 6.45) is 3.49. The maximum absolute atomic E-state index is 4.98. The van der Waals surface area contributed by atoms with Crippen molar-refractivity contribution in [3.63, 3.8) is 0 Å². The molecule has 3 heteroatoms. The molecule has 0 saturated carbocycles. The number of halogens is 1. The minimum Gasteiger partial charge on any atom is -0.323 e. The van der Waals surface area contributed by atoms with Gasteiger partial charge in [-0.3, -0.25) is 0 Å². The van der Waals surface area contributed by atoms with Gasteiger partial charge in [-0.2, -0.15) is 5.10 Å². The molecule has 0 aromatic heterocycles. The first-order valence-electron chi connectivity index (χ1n) is 3.48. The first-order valence-corrected chi connectivity index (χ1v) is 4.28. The first-order chi connectivity index (χ1) is 5.83. The van der Waals surface area contributed by atoms with E-state index in [4.69, 9.17) is 5.84 Å². The van der Waals surface area contributed by atoms with Gasteiger partial charge in [-0.25, -0.2) is 0 Å². The number of rotatable bonds is 2. The Morgan fingerprint density at radius 3 is 2.58 bits per heavy atom. The number of benzene rings is 1. The van der Waals surface area contributed by atoms with Gasteiger partial charge in [-0.05, 0) is 27.6 Å². The Bertz CT molecular complexity index is 291. The molecule has 2 nitrogen and oxygen atoms in total. The van der Waals surface area contributed by atoms with Crippen molar-refractivity contribution in [2.24, 2.45) is 10.9 Å². The standard InChI is InChI=1S/C9H9BrN2/c10-9(7-12-11)6-8-4-2-1-3-5-8/h1-7H,11H2. The third kappa shape index (κ3) is 2.88. The summed E-state index contributed by atoms with van der Waals surface area (Å²) in [4.78, 5) is 0. The molecule has 0 amide bonds. The second-order valence-corrected chi connectivity index (χ2v) is 3.13. The van der Waals surface area contributed by atoms with Crippen LogP contribution in [0.4, 0.5) is 0 Å². The fourth-order valence-corrected chi connectivity index (χ4v) is 1.20. The third-order valence-corrected chi connectivity index (χ3v) is 1.74. The molecule has 0 heterocycles. The Morgan fingerprint density at radius 2 is 2.00 bits per heavy atom. The molecule has 0 atom stereocenters. The van der Waals surface area contributed by atoms with Gasteiger partial charge in [-0.15, -0.1) is 0 Å². The van der Waals surface area contributed by atoms with Crippen LogP contribution in [0.15, 0.2) is 39.9 Å². The van der Waals surface area contributed by atoms with Gasteiger partial charge in [0.25, 0.3) is 0 Å². The highest BCUT2D eigenvalue weighted by atomic mass is 79.9. The molecule has 62 valence electrons. The highest BCUT2D eigenvalue weighted by molar-refractivity contribution is 9.12. The van der Waals surface area contributed by atoms with Gasteiger partial charge in [0.05, 0.1) is 6.21 Å². The topological polar surface area (TPSA) is 38.4 Å². The summed E-state index contributed by atoms with van der Waals surface area (Å²) in [5, 5.41) is 3.39. The van der Waals surface area contributed by atoms with Gasteiger partial charge < -0.3 is 5.84 Å². The maximum Gasteiger partial charge on any atom is 0.0607 e. The molecule has 0 unspecified atom stereocenters. The molecule has 0 aliphatic carbocycles. The second kappa shape index (κ2) is 4.72. The van der Waals surface area contributed by atoms with Gasteiger partial charge in [-0.1, -0.05) is 30.3 Å². The minimum absolute atomic E-state index is 0.858. The third-order valence-electron chi connectivity index (χ3n) is 1.30. The molecular formula is C9H9BrN2. The van der Waals surface area contributed by atoms with Crippen LogP contribution in [0.1, 0.15) is 5.56 Å². The van der Waals surface area contributed by atoms with E-state index in [1.807, 2.05) is 36.4 Å². The predicted molar refractivity (Wildman–Crippen MR) is 56.0 cm³/mol. The van der Waals surface area contributed by atoms with E-state index >= 15 is 0 Å². The molecule has 1 aromatic rings. The van der Waals surface area contributed by atoms with Crippen molar-refractivity contribution >= 4 is 28.2 Å². The molecule has 0 spiro atoms. The highest BCUT2D eigenvalue weighted by Crippen LogP contribution is 2.09. The lowest BCUT2D eigenvalue weighted by Crippen LogP contribution is -1.82. The van der Waals surface area contributed by atoms with E-state index in [0.29, 0.717) is 0 Å². The lowest BCUT2D eigenvalue weighted by Gasteiger charge is -1.91. The molecule has 12 heavy (non-hydrogen) atoms. The van der Waals surface area contributed by atoms with Crippen molar-refractivity contribution in [2.75, 3.05) is 0 Å². The fourth-order valence-electron chi connectivity index (χ4n) is 0.817. The van der Waals surface area contributed by atoms with Gasteiger partial charge in [0.15, 0.2) is 0 Å². The van der Waals surface area contributed by atoms with Gasteiger partial charge >= 0.3 is 0 Å². The van der Waals surface area contributed by atoms with Crippen LogP contribution in [0.3, 0.4) is 0 Å². The average molecular weight is 225 g/mol. The van der Waals surface area contributed by atoms with E-state index in [2.05, 4.69) is 21.0 Å². The summed E-state index contributed by atoms with van der Waals surface area (Å²) in [5.41, 5.74) is 1.12. The van der Waals surface area contributed by atoms with Crippen LogP contribution >= 0.6 is 15.9 Å². The number of nitrogens with two attached hydrogens (primary N) is 1. The Labute approximate surface area is 79.9 Å². The van der Waals surface area contributed by atoms with E-state index in [9.17, 15) is 0 Å². The lowest BCUT2D eigenvalue weighted by molar-refractivity contribution is 1.27. The molecule has 0 aliphatic rings. The Balaban J connectivity index is 2.81. The largest absolute Gasteiger partial charge is 0.323 e. The van der Waals surface area contributed by atoms with Crippen molar-refractivity contribution in [3.8, 4) is 0 Å². The van der Waals surface area contributed by atoms with Crippen molar-refractivity contribution < 1.29 is 0 Å². The van der Waals surface area contributed by atoms with E-state index in [1.54, 1.807) is 6.21 Å². The van der Waals surface area contributed by atoms with E-state index < -0.39 is 0 Å². The second-order valence-electron chi connectivity index (χ2n) is 2.22. The summed E-state index contributed by atoms with van der Waals surface area (Å²) in [6.45, 7) is 0. The van der Waals surface area contributed by atoms with E-state index in [-0.39, 0.29) is 0 Å². The number of hydrazone groups is 1. The smallest absolute Gasteiger partial charge is 0.0607 e. The summed E-state index contributed by atoms with van der Waals surface area (Å²) in [6, 6.07) is 9.94. The molecule has 0 fully saturated rings. The van der Waals surface area contributed by atoms with Crippen LogP contribution < -0.4 is 5.84 Å². The van der Waals surface area contributed by atoms with E-state index in [1.165, 1.54) is 0 Å². The summed E-state index contributed by atoms with van der Waals surface area (Å²) in [5.74, 6) is 4.98. The van der Waals surface area contributed by atoms with Crippen molar-refractivity contribution in [1.29, 1.82) is 0 Å². The van der Waals surface area contributed by atoms with Gasteiger partial charge in [0.2, 0.25) is 0 Å². The predicted octanol–water partition coefficient (Wildman–Crippen LogP) is 2.37. The van der Waals surface area contributed by atoms with Gasteiger partial charge in [0.1, 0.15) is 0 Å². The Morgan fingerprint density at radius 1 is 1.33 bits per heavy atom. The molecule has 1 rings (SSSR count). The molecule has 0 bridgehead atoms. The lowest BCUT2D eigenvalue weighted by atomic mass is 10.2. The average Bonchev–Trinajstić information content (AvgIpc) is 2.06. The monoisotopic (exact) mass is 224 g/mol. The zero-order valence-corrected chi connectivity index (χ0v) is 8.03. The summed E-state index contributed by atoms with van der Waals surface area (Å²) < 4.78 is 0.858. The zero-order valence-electron chi connectivity index (χ0n) is 6.44. The Kier molecular flexibility index (Phi) is 3.54. The van der Waals surface area contributed by atoms with Crippen LogP contribution in [0.2, 0.25) is 0 Å². The van der Waals surface area contributed by atoms with Crippen molar-refractivity contribution in [3.05, 3.63) is 40.4 Å². The zero-order chi connectivity index (χ0) is 8.81. The van der Waals surface area contributed by atoms with Crippen molar-refractivity contribution in [1.82, 2.24) is 0 Å². The highest BCUT2D eigenvalue weighted by Gasteiger charge is 1.87. The van der Waals surface area contributed by atoms with Crippen LogP contribution in [-0.2, 0) is 0 Å². The molecule has 2 N–H and O–H groups in total. The number of allylic oxidation sites excluding steroid dienone is 1. The molecule has 0 aliphatic heterocycles. The van der Waals surface area contributed by atoms with Gasteiger partial charge in [0, 0.05) is 4.48 Å². The van der Waals surface area contributed by atoms with Crippen LogP contribution in [0, 0.1) is 0 Å². The molecular weight excluding hydrogens is 216 g/mol. The summed E-state index contributed by atoms with van der Waals surface area (Å²) >= 11 is 3.31. The van der Waals surface area contributed by atoms with Crippen molar-refractivity contribution in [2.45, 2.75) is 0 Å². The van der Waals surface area contributed by atoms with Crippen LogP contribution in [-0.4, -0.2) is 6.21 Å². The van der Waals surface area contributed by atoms with E-state index in [0.717, 1.165) is 10.0 Å². The molecule has 0 radical (unpaired) electrons. The summed E-state index contributed by atoms with van der Waals surface area (Å²) in [7, 11) is 0. The van der Waals surface area contributed by atoms with Crippen LogP contribution in [0.25, 0.3) is 6.08 Å². The normalized spacial score (nSPS) is 12.2. The first kappa shape index (κ1) is 9.00. The SMILES string of the molecule is NN=CC(Br)=Cc1ccccc1. The minimum atomic E-state index is 0.858. The molecule has 1 aromatic carbocycles. The Hall–Kier alpha value is -1.09. The van der Waals surface area contributed by atoms with Crippen LogP contribution in [0.5, 0.6) is 0 Å². The number of nitrogens with zero attached hydrogens (tertiary/aromatic N) is 1. The maximum atomic E-state index is 4.98. The number of hydrogen-bond donors (Lipinski definition) is 1. The number of hydrogen-bond acceptors (Lipinski definition) is 2. The fraction of sp³-hybridized carbons (Fsp3) is 0.